The molecule has 0 aromatic heterocycles. The van der Waals surface area contributed by atoms with Gasteiger partial charge in [-0.2, -0.15) is 11.8 Å². The van der Waals surface area contributed by atoms with Crippen molar-refractivity contribution in [3.05, 3.63) is 0 Å². The van der Waals surface area contributed by atoms with Crippen LogP contribution in [0.5, 0.6) is 0 Å². The van der Waals surface area contributed by atoms with Crippen LogP contribution in [0.1, 0.15) is 26.7 Å². The smallest absolute Gasteiger partial charge is 0.323 e. The Kier molecular flexibility index (Phi) is 6.49. The molecule has 6 heteroatoms. The summed E-state index contributed by atoms with van der Waals surface area (Å²) in [4.78, 5) is 24.4. The Bertz CT molecular complexity index is 293. The average Bonchev–Trinajstić information content (AvgIpc) is 2.36. The van der Waals surface area contributed by atoms with Crippen molar-refractivity contribution in [3.63, 3.8) is 0 Å². The van der Waals surface area contributed by atoms with Crippen LogP contribution in [0.2, 0.25) is 0 Å². The molecule has 1 fully saturated rings. The summed E-state index contributed by atoms with van der Waals surface area (Å²) in [6.07, 6.45) is 1.16. The number of hydrogen-bond acceptors (Lipinski definition) is 4. The van der Waals surface area contributed by atoms with Gasteiger partial charge in [-0.1, -0.05) is 6.92 Å². The number of rotatable bonds is 6. The molecule has 104 valence electrons. The average molecular weight is 274 g/mol. The SMILES string of the molecule is CCC(C)N(CC(=O)O)C(=O)CC1CSCCN1. The monoisotopic (exact) mass is 274 g/mol. The topological polar surface area (TPSA) is 69.6 Å². The van der Waals surface area contributed by atoms with Crippen LogP contribution >= 0.6 is 11.8 Å². The van der Waals surface area contributed by atoms with Crippen LogP contribution in [0, 0.1) is 0 Å². The summed E-state index contributed by atoms with van der Waals surface area (Å²) in [7, 11) is 0. The summed E-state index contributed by atoms with van der Waals surface area (Å²) in [5.74, 6) is 0.989. The van der Waals surface area contributed by atoms with E-state index in [9.17, 15) is 9.59 Å². The molecule has 0 aromatic carbocycles. The number of hydrogen-bond donors (Lipinski definition) is 2. The van der Waals surface area contributed by atoms with Gasteiger partial charge in [0.2, 0.25) is 5.91 Å². The van der Waals surface area contributed by atoms with Gasteiger partial charge in [-0.05, 0) is 13.3 Å². The first kappa shape index (κ1) is 15.3. The Labute approximate surface area is 112 Å². The molecule has 0 aliphatic carbocycles. The van der Waals surface area contributed by atoms with Crippen molar-refractivity contribution in [3.8, 4) is 0 Å². The van der Waals surface area contributed by atoms with Gasteiger partial charge in [0.05, 0.1) is 0 Å². The third-order valence-electron chi connectivity index (χ3n) is 3.17. The summed E-state index contributed by atoms with van der Waals surface area (Å²) >= 11 is 1.84. The zero-order chi connectivity index (χ0) is 13.5. The van der Waals surface area contributed by atoms with Gasteiger partial charge in [0.15, 0.2) is 0 Å². The van der Waals surface area contributed by atoms with E-state index in [0.717, 1.165) is 24.5 Å². The first-order valence-corrected chi connectivity index (χ1v) is 7.52. The molecule has 0 aromatic rings. The van der Waals surface area contributed by atoms with Crippen molar-refractivity contribution in [1.82, 2.24) is 10.2 Å². The standard InChI is InChI=1S/C12H22N2O3S/c1-3-9(2)14(7-12(16)17)11(15)6-10-8-18-5-4-13-10/h9-10,13H,3-8H2,1-2H3,(H,16,17). The second kappa shape index (κ2) is 7.63. The fraction of sp³-hybridized carbons (Fsp3) is 0.833. The fourth-order valence-electron chi connectivity index (χ4n) is 1.93. The summed E-state index contributed by atoms with van der Waals surface area (Å²) in [6, 6.07) is 0.154. The predicted octanol–water partition coefficient (Wildman–Crippen LogP) is 0.793. The molecule has 0 spiro atoms. The molecule has 18 heavy (non-hydrogen) atoms. The van der Waals surface area contributed by atoms with E-state index in [1.54, 1.807) is 0 Å². The van der Waals surface area contributed by atoms with E-state index in [2.05, 4.69) is 5.32 Å². The van der Waals surface area contributed by atoms with Gasteiger partial charge in [-0.25, -0.2) is 0 Å². The number of carboxylic acid groups (broad SMARTS) is 1. The largest absolute Gasteiger partial charge is 0.480 e. The lowest BCUT2D eigenvalue weighted by molar-refractivity contribution is -0.146. The Morgan fingerprint density at radius 2 is 2.28 bits per heavy atom. The number of nitrogens with zero attached hydrogens (tertiary/aromatic N) is 1. The predicted molar refractivity (Wildman–Crippen MR) is 72.8 cm³/mol. The number of carboxylic acids is 1. The summed E-state index contributed by atoms with van der Waals surface area (Å²) < 4.78 is 0. The Hall–Kier alpha value is -0.750. The molecular weight excluding hydrogens is 252 g/mol. The second-order valence-electron chi connectivity index (χ2n) is 4.60. The van der Waals surface area contributed by atoms with E-state index in [1.165, 1.54) is 4.90 Å². The van der Waals surface area contributed by atoms with Gasteiger partial charge in [0, 0.05) is 36.6 Å². The van der Waals surface area contributed by atoms with Crippen LogP contribution in [-0.2, 0) is 9.59 Å². The van der Waals surface area contributed by atoms with E-state index in [-0.39, 0.29) is 24.5 Å². The minimum atomic E-state index is -0.949. The van der Waals surface area contributed by atoms with Crippen LogP contribution in [0.15, 0.2) is 0 Å². The van der Waals surface area contributed by atoms with E-state index in [1.807, 2.05) is 25.6 Å². The maximum atomic E-state index is 12.2. The van der Waals surface area contributed by atoms with E-state index in [0.29, 0.717) is 6.42 Å². The van der Waals surface area contributed by atoms with Crippen molar-refractivity contribution >= 4 is 23.6 Å². The molecule has 5 nitrogen and oxygen atoms in total. The Balaban J connectivity index is 2.54. The number of amides is 1. The molecule has 1 aliphatic heterocycles. The third-order valence-corrected chi connectivity index (χ3v) is 4.30. The minimum absolute atomic E-state index is 0.0233. The molecular formula is C12H22N2O3S. The zero-order valence-corrected chi connectivity index (χ0v) is 11.8. The second-order valence-corrected chi connectivity index (χ2v) is 5.75. The minimum Gasteiger partial charge on any atom is -0.480 e. The lowest BCUT2D eigenvalue weighted by Gasteiger charge is -2.30. The normalized spacial score (nSPS) is 21.3. The molecule has 1 aliphatic rings. The highest BCUT2D eigenvalue weighted by atomic mass is 32.2. The quantitative estimate of drug-likeness (QED) is 0.749. The Morgan fingerprint density at radius 1 is 1.56 bits per heavy atom. The summed E-state index contributed by atoms with van der Waals surface area (Å²) in [5.41, 5.74) is 0. The molecule has 0 bridgehead atoms. The third kappa shape index (κ3) is 4.86. The van der Waals surface area contributed by atoms with E-state index >= 15 is 0 Å². The van der Waals surface area contributed by atoms with Gasteiger partial charge in [-0.3, -0.25) is 9.59 Å². The van der Waals surface area contributed by atoms with Gasteiger partial charge >= 0.3 is 5.97 Å². The zero-order valence-electron chi connectivity index (χ0n) is 11.0. The van der Waals surface area contributed by atoms with E-state index < -0.39 is 5.97 Å². The van der Waals surface area contributed by atoms with Crippen molar-refractivity contribution < 1.29 is 14.7 Å². The highest BCUT2D eigenvalue weighted by Crippen LogP contribution is 2.13. The van der Waals surface area contributed by atoms with Gasteiger partial charge < -0.3 is 15.3 Å². The van der Waals surface area contributed by atoms with Crippen molar-refractivity contribution in [2.24, 2.45) is 0 Å². The molecule has 1 amide bonds. The highest BCUT2D eigenvalue weighted by Gasteiger charge is 2.25. The molecule has 2 N–H and O–H groups in total. The van der Waals surface area contributed by atoms with Crippen LogP contribution in [0.3, 0.4) is 0 Å². The highest BCUT2D eigenvalue weighted by molar-refractivity contribution is 7.99. The molecule has 1 heterocycles. The van der Waals surface area contributed by atoms with Gasteiger partial charge in [0.1, 0.15) is 6.54 Å². The maximum Gasteiger partial charge on any atom is 0.323 e. The van der Waals surface area contributed by atoms with Gasteiger partial charge in [0.25, 0.3) is 0 Å². The van der Waals surface area contributed by atoms with Crippen LogP contribution < -0.4 is 5.32 Å². The molecule has 2 atom stereocenters. The first-order valence-electron chi connectivity index (χ1n) is 6.37. The number of aliphatic carboxylic acids is 1. The van der Waals surface area contributed by atoms with Gasteiger partial charge in [-0.15, -0.1) is 0 Å². The maximum absolute atomic E-state index is 12.2. The molecule has 0 radical (unpaired) electrons. The molecule has 1 saturated heterocycles. The number of carbonyl (C=O) groups excluding carboxylic acids is 1. The lowest BCUT2D eigenvalue weighted by atomic mass is 10.1. The Morgan fingerprint density at radius 3 is 2.78 bits per heavy atom. The summed E-state index contributed by atoms with van der Waals surface area (Å²) in [5, 5.41) is 12.2. The van der Waals surface area contributed by atoms with Crippen molar-refractivity contribution in [1.29, 1.82) is 0 Å². The van der Waals surface area contributed by atoms with Crippen LogP contribution in [-0.4, -0.2) is 58.6 Å². The first-order chi connectivity index (χ1) is 8.54. The van der Waals surface area contributed by atoms with E-state index in [4.69, 9.17) is 5.11 Å². The van der Waals surface area contributed by atoms with Crippen molar-refractivity contribution in [2.75, 3.05) is 24.6 Å². The number of thioether (sulfide) groups is 1. The number of carbonyl (C=O) groups is 2. The van der Waals surface area contributed by atoms with Crippen LogP contribution in [0.4, 0.5) is 0 Å². The summed E-state index contributed by atoms with van der Waals surface area (Å²) in [6.45, 7) is 4.57. The molecule has 1 rings (SSSR count). The lowest BCUT2D eigenvalue weighted by Crippen LogP contribution is -2.46. The van der Waals surface area contributed by atoms with Crippen molar-refractivity contribution in [2.45, 2.75) is 38.8 Å². The molecule has 0 saturated carbocycles. The van der Waals surface area contributed by atoms with Crippen LogP contribution in [0.25, 0.3) is 0 Å². The number of nitrogens with one attached hydrogen (secondary N) is 1. The molecule has 2 unspecified atom stereocenters. The fourth-order valence-corrected chi connectivity index (χ4v) is 2.88.